The van der Waals surface area contributed by atoms with Gasteiger partial charge >= 0.3 is 0 Å². The van der Waals surface area contributed by atoms with Crippen molar-refractivity contribution in [1.82, 2.24) is 29.9 Å². The zero-order chi connectivity index (χ0) is 21.8. The number of nitrogens with one attached hydrogen (secondary N) is 1. The zero-order valence-electron chi connectivity index (χ0n) is 17.3. The fourth-order valence-electron chi connectivity index (χ4n) is 2.98. The van der Waals surface area contributed by atoms with Crippen molar-refractivity contribution in [2.75, 3.05) is 5.32 Å². The van der Waals surface area contributed by atoms with Gasteiger partial charge in [0.1, 0.15) is 17.9 Å². The number of ether oxygens (including phenoxy) is 1. The molecule has 0 amide bonds. The maximum Gasteiger partial charge on any atom is 0.230 e. The summed E-state index contributed by atoms with van der Waals surface area (Å²) in [6.07, 6.45) is 7.12. The van der Waals surface area contributed by atoms with E-state index < -0.39 is 0 Å². The van der Waals surface area contributed by atoms with Gasteiger partial charge in [-0.1, -0.05) is 11.2 Å². The maximum absolute atomic E-state index is 9.45. The second-order valence-corrected chi connectivity index (χ2v) is 7.01. The molecule has 0 aliphatic rings. The minimum absolute atomic E-state index is 0.260. The molecule has 1 aromatic carbocycles. The first-order chi connectivity index (χ1) is 15.0. The Kier molecular flexibility index (Phi) is 5.57. The van der Waals surface area contributed by atoms with Crippen molar-refractivity contribution >= 4 is 11.6 Å². The first kappa shape index (κ1) is 20.0. The molecule has 10 heteroatoms. The Morgan fingerprint density at radius 3 is 2.68 bits per heavy atom. The van der Waals surface area contributed by atoms with Crippen molar-refractivity contribution in [3.8, 4) is 22.9 Å². The lowest BCUT2D eigenvalue weighted by molar-refractivity contribution is 0.205. The topological polar surface area (TPSA) is 128 Å². The van der Waals surface area contributed by atoms with Crippen LogP contribution in [0.1, 0.15) is 24.2 Å². The fourth-order valence-corrected chi connectivity index (χ4v) is 2.98. The normalized spacial score (nSPS) is 11.7. The van der Waals surface area contributed by atoms with Gasteiger partial charge in [-0.25, -0.2) is 9.97 Å². The average Bonchev–Trinajstić information content (AvgIpc) is 3.35. The van der Waals surface area contributed by atoms with Gasteiger partial charge in [0.15, 0.2) is 5.82 Å². The number of nitriles is 1. The van der Waals surface area contributed by atoms with Crippen molar-refractivity contribution in [1.29, 1.82) is 5.26 Å². The molecule has 1 atom stereocenters. The van der Waals surface area contributed by atoms with Gasteiger partial charge in [-0.2, -0.15) is 15.3 Å². The Balaban J connectivity index is 1.50. The Morgan fingerprint density at radius 2 is 2.03 bits per heavy atom. The minimum atomic E-state index is -0.260. The smallest absolute Gasteiger partial charge is 0.230 e. The quantitative estimate of drug-likeness (QED) is 0.483. The molecule has 156 valence electrons. The minimum Gasteiger partial charge on any atom is -0.489 e. The predicted molar refractivity (Wildman–Crippen MR) is 112 cm³/mol. The van der Waals surface area contributed by atoms with Crippen molar-refractivity contribution in [3.63, 3.8) is 0 Å². The van der Waals surface area contributed by atoms with Crippen LogP contribution in [-0.4, -0.2) is 36.0 Å². The van der Waals surface area contributed by atoms with E-state index in [2.05, 4.69) is 36.6 Å². The highest BCUT2D eigenvalue weighted by Crippen LogP contribution is 2.28. The summed E-state index contributed by atoms with van der Waals surface area (Å²) in [6.45, 7) is 3.64. The van der Waals surface area contributed by atoms with Crippen LogP contribution in [0.2, 0.25) is 0 Å². The summed E-state index contributed by atoms with van der Waals surface area (Å²) in [5.41, 5.74) is 2.87. The molecular weight excluding hydrogens is 396 g/mol. The third-order valence-corrected chi connectivity index (χ3v) is 4.41. The van der Waals surface area contributed by atoms with Crippen LogP contribution in [0.15, 0.2) is 47.5 Å². The lowest BCUT2D eigenvalue weighted by atomic mass is 10.1. The van der Waals surface area contributed by atoms with Crippen molar-refractivity contribution in [2.24, 2.45) is 7.05 Å². The Hall–Kier alpha value is -4.26. The molecule has 4 aromatic rings. The first-order valence-electron chi connectivity index (χ1n) is 9.58. The summed E-state index contributed by atoms with van der Waals surface area (Å²) in [6, 6.07) is 7.52. The SMILES string of the molecule is Cc1noc(CC(C)Oc2cc(-c3cnc(Nc4cnn(C)c4)nc3)ccc2C#N)n1. The molecule has 0 aliphatic carbocycles. The van der Waals surface area contributed by atoms with Gasteiger partial charge in [0.05, 0.1) is 23.9 Å². The molecule has 31 heavy (non-hydrogen) atoms. The van der Waals surface area contributed by atoms with Crippen LogP contribution in [0.4, 0.5) is 11.6 Å². The molecule has 0 saturated carbocycles. The monoisotopic (exact) mass is 416 g/mol. The van der Waals surface area contributed by atoms with Crippen molar-refractivity contribution in [3.05, 3.63) is 60.3 Å². The van der Waals surface area contributed by atoms with E-state index in [1.165, 1.54) is 0 Å². The van der Waals surface area contributed by atoms with Gasteiger partial charge in [-0.3, -0.25) is 4.68 Å². The Labute approximate surface area is 178 Å². The van der Waals surface area contributed by atoms with Crippen LogP contribution in [0.3, 0.4) is 0 Å². The Morgan fingerprint density at radius 1 is 1.23 bits per heavy atom. The number of aromatic nitrogens is 6. The molecule has 3 heterocycles. The lowest BCUT2D eigenvalue weighted by Gasteiger charge is -2.15. The van der Waals surface area contributed by atoms with E-state index in [0.29, 0.717) is 35.4 Å². The summed E-state index contributed by atoms with van der Waals surface area (Å²) in [5.74, 6) is 2.00. The highest BCUT2D eigenvalue weighted by atomic mass is 16.5. The van der Waals surface area contributed by atoms with E-state index in [0.717, 1.165) is 16.8 Å². The highest BCUT2D eigenvalue weighted by Gasteiger charge is 2.14. The molecule has 4 rings (SSSR count). The summed E-state index contributed by atoms with van der Waals surface area (Å²) in [7, 11) is 1.84. The number of nitrogens with zero attached hydrogens (tertiary/aromatic N) is 7. The van der Waals surface area contributed by atoms with Gasteiger partial charge in [-0.15, -0.1) is 0 Å². The van der Waals surface area contributed by atoms with E-state index in [-0.39, 0.29) is 6.10 Å². The molecule has 1 unspecified atom stereocenters. The van der Waals surface area contributed by atoms with E-state index in [9.17, 15) is 5.26 Å². The number of anilines is 2. The van der Waals surface area contributed by atoms with E-state index >= 15 is 0 Å². The number of aryl methyl sites for hydroxylation is 2. The van der Waals surface area contributed by atoms with Gasteiger partial charge in [-0.05, 0) is 31.5 Å². The third-order valence-electron chi connectivity index (χ3n) is 4.41. The van der Waals surface area contributed by atoms with Crippen LogP contribution in [-0.2, 0) is 13.5 Å². The average molecular weight is 416 g/mol. The van der Waals surface area contributed by atoms with Crippen LogP contribution >= 0.6 is 0 Å². The van der Waals surface area contributed by atoms with Crippen LogP contribution < -0.4 is 10.1 Å². The van der Waals surface area contributed by atoms with Gasteiger partial charge in [0.2, 0.25) is 11.8 Å². The molecule has 10 nitrogen and oxygen atoms in total. The molecular formula is C21H20N8O2. The predicted octanol–water partition coefficient (Wildman–Crippen LogP) is 3.19. The van der Waals surface area contributed by atoms with Crippen molar-refractivity contribution in [2.45, 2.75) is 26.4 Å². The molecule has 1 N–H and O–H groups in total. The molecule has 0 saturated heterocycles. The Bertz CT molecular complexity index is 1220. The molecule has 0 radical (unpaired) electrons. The summed E-state index contributed by atoms with van der Waals surface area (Å²) in [5, 5.41) is 20.4. The standard InChI is InChI=1S/C21H20N8O2/c1-13(6-20-26-14(2)28-31-20)30-19-7-15(4-5-16(19)8-22)17-9-23-21(24-10-17)27-18-11-25-29(3)12-18/h4-5,7,9-13H,6H2,1-3H3,(H,23,24,27). The van der Waals surface area contributed by atoms with Gasteiger partial charge < -0.3 is 14.6 Å². The number of rotatable bonds is 7. The molecule has 0 fully saturated rings. The van der Waals surface area contributed by atoms with Crippen LogP contribution in [0.25, 0.3) is 11.1 Å². The summed E-state index contributed by atoms with van der Waals surface area (Å²) in [4.78, 5) is 12.9. The van der Waals surface area contributed by atoms with Crippen molar-refractivity contribution < 1.29 is 9.26 Å². The number of hydrogen-bond acceptors (Lipinski definition) is 9. The largest absolute Gasteiger partial charge is 0.489 e. The highest BCUT2D eigenvalue weighted by molar-refractivity contribution is 5.66. The van der Waals surface area contributed by atoms with E-state index in [1.54, 1.807) is 42.3 Å². The third kappa shape index (κ3) is 4.84. The fraction of sp³-hybridized carbons (Fsp3) is 0.238. The second-order valence-electron chi connectivity index (χ2n) is 7.01. The van der Waals surface area contributed by atoms with Crippen LogP contribution in [0.5, 0.6) is 5.75 Å². The zero-order valence-corrected chi connectivity index (χ0v) is 17.3. The molecule has 0 aliphatic heterocycles. The number of benzene rings is 1. The summed E-state index contributed by atoms with van der Waals surface area (Å²) >= 11 is 0. The van der Waals surface area contributed by atoms with Crippen LogP contribution in [0, 0.1) is 18.3 Å². The first-order valence-corrected chi connectivity index (χ1v) is 9.58. The molecule has 3 aromatic heterocycles. The lowest BCUT2D eigenvalue weighted by Crippen LogP contribution is -2.16. The second kappa shape index (κ2) is 8.62. The molecule has 0 bridgehead atoms. The van der Waals surface area contributed by atoms with E-state index in [1.807, 2.05) is 26.2 Å². The maximum atomic E-state index is 9.45. The number of hydrogen-bond donors (Lipinski definition) is 1. The summed E-state index contributed by atoms with van der Waals surface area (Å²) < 4.78 is 12.8. The van der Waals surface area contributed by atoms with Gasteiger partial charge in [0.25, 0.3) is 0 Å². The van der Waals surface area contributed by atoms with E-state index in [4.69, 9.17) is 9.26 Å². The van der Waals surface area contributed by atoms with Gasteiger partial charge in [0, 0.05) is 31.2 Å². The molecule has 0 spiro atoms.